The molecule has 1 saturated heterocycles. The first-order valence-corrected chi connectivity index (χ1v) is 6.91. The Kier molecular flexibility index (Phi) is 4.23. The number of piperidine rings is 1. The maximum absolute atomic E-state index is 8.87. The molecule has 0 aromatic rings. The molecule has 2 nitrogen and oxygen atoms in total. The number of likely N-dealkylation sites (tertiary alicyclic amines) is 1. The van der Waals surface area contributed by atoms with Crippen molar-refractivity contribution in [2.45, 2.75) is 45.4 Å². The van der Waals surface area contributed by atoms with E-state index in [0.717, 1.165) is 37.8 Å². The van der Waals surface area contributed by atoms with E-state index in [9.17, 15) is 0 Å². The molecule has 1 aliphatic heterocycles. The summed E-state index contributed by atoms with van der Waals surface area (Å²) in [4.78, 5) is 2.60. The second kappa shape index (κ2) is 5.68. The van der Waals surface area contributed by atoms with Gasteiger partial charge in [-0.1, -0.05) is 26.2 Å². The summed E-state index contributed by atoms with van der Waals surface area (Å²) in [7, 11) is 0. The van der Waals surface area contributed by atoms with Crippen LogP contribution in [0.25, 0.3) is 0 Å². The molecule has 1 aliphatic carbocycles. The van der Waals surface area contributed by atoms with E-state index in [1.165, 1.54) is 32.2 Å². The van der Waals surface area contributed by atoms with Gasteiger partial charge >= 0.3 is 0 Å². The van der Waals surface area contributed by atoms with E-state index in [2.05, 4.69) is 17.9 Å². The molecular weight excluding hydrogens is 196 g/mol. The van der Waals surface area contributed by atoms with E-state index >= 15 is 0 Å². The Morgan fingerprint density at radius 1 is 1.12 bits per heavy atom. The number of nitrogens with zero attached hydrogens (tertiary/aromatic N) is 2. The van der Waals surface area contributed by atoms with Gasteiger partial charge in [0.15, 0.2) is 0 Å². The first kappa shape index (κ1) is 11.9. The van der Waals surface area contributed by atoms with Crippen LogP contribution in [0.5, 0.6) is 0 Å². The molecule has 1 heterocycles. The smallest absolute Gasteiger partial charge is 0.0656 e. The topological polar surface area (TPSA) is 27.0 Å². The van der Waals surface area contributed by atoms with Crippen LogP contribution in [-0.2, 0) is 0 Å². The lowest BCUT2D eigenvalue weighted by atomic mass is 9.80. The van der Waals surface area contributed by atoms with Crippen molar-refractivity contribution < 1.29 is 0 Å². The molecule has 0 bridgehead atoms. The molecule has 2 aliphatic rings. The van der Waals surface area contributed by atoms with Gasteiger partial charge in [0.1, 0.15) is 0 Å². The zero-order valence-electron chi connectivity index (χ0n) is 10.5. The Balaban J connectivity index is 1.75. The predicted octanol–water partition coefficient (Wildman–Crippen LogP) is 3.05. The zero-order chi connectivity index (χ0) is 11.4. The summed E-state index contributed by atoms with van der Waals surface area (Å²) in [6.45, 7) is 6.02. The van der Waals surface area contributed by atoms with E-state index in [0.29, 0.717) is 5.92 Å². The highest BCUT2D eigenvalue weighted by Gasteiger charge is 2.25. The Labute approximate surface area is 99.6 Å². The molecule has 2 heteroatoms. The van der Waals surface area contributed by atoms with Gasteiger partial charge in [-0.25, -0.2) is 0 Å². The highest BCUT2D eigenvalue weighted by atomic mass is 15.1. The van der Waals surface area contributed by atoms with Crippen molar-refractivity contribution in [3.8, 4) is 6.07 Å². The summed E-state index contributed by atoms with van der Waals surface area (Å²) in [6.07, 6.45) is 7.92. The molecule has 16 heavy (non-hydrogen) atoms. The average Bonchev–Trinajstić information content (AvgIpc) is 2.33. The maximum Gasteiger partial charge on any atom is 0.0656 e. The number of rotatable bonds is 2. The predicted molar refractivity (Wildman–Crippen MR) is 65.9 cm³/mol. The van der Waals surface area contributed by atoms with E-state index in [4.69, 9.17) is 5.26 Å². The first-order valence-electron chi connectivity index (χ1n) is 6.91. The first-order chi connectivity index (χ1) is 7.79. The van der Waals surface area contributed by atoms with Gasteiger partial charge in [0.2, 0.25) is 0 Å². The summed E-state index contributed by atoms with van der Waals surface area (Å²) in [6, 6.07) is 2.41. The standard InChI is InChI=1S/C14H24N2/c1-12-4-2-3-5-14(12)11-16-8-6-13(10-15)7-9-16/h12-14H,2-9,11H2,1H3/t12-,14-/m0/s1. The molecule has 0 aromatic carbocycles. The Morgan fingerprint density at radius 2 is 1.81 bits per heavy atom. The second-order valence-corrected chi connectivity index (χ2v) is 5.73. The van der Waals surface area contributed by atoms with Gasteiger partial charge in [0.05, 0.1) is 6.07 Å². The van der Waals surface area contributed by atoms with Gasteiger partial charge in [0, 0.05) is 12.5 Å². The van der Waals surface area contributed by atoms with Crippen LogP contribution in [0.15, 0.2) is 0 Å². The van der Waals surface area contributed by atoms with Gasteiger partial charge in [-0.05, 0) is 44.2 Å². The lowest BCUT2D eigenvalue weighted by Crippen LogP contribution is -2.39. The Morgan fingerprint density at radius 3 is 2.44 bits per heavy atom. The third-order valence-corrected chi connectivity index (χ3v) is 4.55. The fourth-order valence-electron chi connectivity index (χ4n) is 3.24. The van der Waals surface area contributed by atoms with E-state index in [-0.39, 0.29) is 0 Å². The van der Waals surface area contributed by atoms with Gasteiger partial charge in [-0.3, -0.25) is 0 Å². The molecule has 0 unspecified atom stereocenters. The van der Waals surface area contributed by atoms with Crippen LogP contribution in [-0.4, -0.2) is 24.5 Å². The van der Waals surface area contributed by atoms with Crippen LogP contribution in [0.3, 0.4) is 0 Å². The third-order valence-electron chi connectivity index (χ3n) is 4.55. The van der Waals surface area contributed by atoms with Crippen molar-refractivity contribution in [2.75, 3.05) is 19.6 Å². The van der Waals surface area contributed by atoms with Crippen LogP contribution in [0.2, 0.25) is 0 Å². The molecule has 0 radical (unpaired) electrons. The van der Waals surface area contributed by atoms with Gasteiger partial charge in [-0.15, -0.1) is 0 Å². The molecule has 2 rings (SSSR count). The molecule has 2 atom stereocenters. The number of nitriles is 1. The van der Waals surface area contributed by atoms with Crippen LogP contribution < -0.4 is 0 Å². The SMILES string of the molecule is C[C@H]1CCCC[C@H]1CN1CCC(C#N)CC1. The lowest BCUT2D eigenvalue weighted by molar-refractivity contribution is 0.132. The van der Waals surface area contributed by atoms with E-state index in [1.807, 2.05) is 0 Å². The number of hydrogen-bond acceptors (Lipinski definition) is 2. The summed E-state index contributed by atoms with van der Waals surface area (Å²) < 4.78 is 0. The highest BCUT2D eigenvalue weighted by Crippen LogP contribution is 2.31. The normalized spacial score (nSPS) is 33.5. The molecule has 2 fully saturated rings. The minimum atomic E-state index is 0.333. The summed E-state index contributed by atoms with van der Waals surface area (Å²) in [5.74, 6) is 2.18. The summed E-state index contributed by atoms with van der Waals surface area (Å²) in [5.41, 5.74) is 0. The van der Waals surface area contributed by atoms with Gasteiger partial charge < -0.3 is 4.90 Å². The van der Waals surface area contributed by atoms with E-state index < -0.39 is 0 Å². The highest BCUT2D eigenvalue weighted by molar-refractivity contribution is 4.88. The molecule has 90 valence electrons. The second-order valence-electron chi connectivity index (χ2n) is 5.73. The minimum absolute atomic E-state index is 0.333. The molecule has 0 aromatic heterocycles. The summed E-state index contributed by atoms with van der Waals surface area (Å²) in [5, 5.41) is 8.87. The largest absolute Gasteiger partial charge is 0.303 e. The van der Waals surface area contributed by atoms with Crippen molar-refractivity contribution in [2.24, 2.45) is 17.8 Å². The van der Waals surface area contributed by atoms with Crippen LogP contribution in [0, 0.1) is 29.1 Å². The van der Waals surface area contributed by atoms with Gasteiger partial charge in [0.25, 0.3) is 0 Å². The quantitative estimate of drug-likeness (QED) is 0.715. The monoisotopic (exact) mass is 220 g/mol. The van der Waals surface area contributed by atoms with Crippen molar-refractivity contribution in [1.82, 2.24) is 4.90 Å². The Hall–Kier alpha value is -0.550. The molecule has 1 saturated carbocycles. The van der Waals surface area contributed by atoms with Crippen molar-refractivity contribution >= 4 is 0 Å². The number of hydrogen-bond donors (Lipinski definition) is 0. The maximum atomic E-state index is 8.87. The molecule has 0 spiro atoms. The third kappa shape index (κ3) is 2.98. The van der Waals surface area contributed by atoms with Crippen molar-refractivity contribution in [3.63, 3.8) is 0 Å². The van der Waals surface area contributed by atoms with Crippen LogP contribution in [0.4, 0.5) is 0 Å². The average molecular weight is 220 g/mol. The van der Waals surface area contributed by atoms with Crippen molar-refractivity contribution in [1.29, 1.82) is 5.26 Å². The fraction of sp³-hybridized carbons (Fsp3) is 0.929. The van der Waals surface area contributed by atoms with Crippen LogP contribution in [0.1, 0.15) is 45.4 Å². The minimum Gasteiger partial charge on any atom is -0.303 e. The van der Waals surface area contributed by atoms with E-state index in [1.54, 1.807) is 0 Å². The van der Waals surface area contributed by atoms with Crippen LogP contribution >= 0.6 is 0 Å². The summed E-state index contributed by atoms with van der Waals surface area (Å²) >= 11 is 0. The zero-order valence-corrected chi connectivity index (χ0v) is 10.5. The van der Waals surface area contributed by atoms with Crippen molar-refractivity contribution in [3.05, 3.63) is 0 Å². The molecule has 0 N–H and O–H groups in total. The van der Waals surface area contributed by atoms with Gasteiger partial charge in [-0.2, -0.15) is 5.26 Å². The molecule has 0 amide bonds. The molecular formula is C14H24N2. The lowest BCUT2D eigenvalue weighted by Gasteiger charge is -2.36. The fourth-order valence-corrected chi connectivity index (χ4v) is 3.24. The Bertz CT molecular complexity index is 248.